The largest absolute Gasteiger partial charge is 0.321 e. The van der Waals surface area contributed by atoms with Crippen molar-refractivity contribution in [2.75, 3.05) is 11.2 Å². The van der Waals surface area contributed by atoms with Crippen molar-refractivity contribution in [3.63, 3.8) is 0 Å². The van der Waals surface area contributed by atoms with Crippen molar-refractivity contribution in [3.05, 3.63) is 88.7 Å². The summed E-state index contributed by atoms with van der Waals surface area (Å²) in [4.78, 5) is 12.9. The normalized spacial score (nSPS) is 15.9. The van der Waals surface area contributed by atoms with Gasteiger partial charge in [-0.1, -0.05) is 24.3 Å². The van der Waals surface area contributed by atoms with Gasteiger partial charge in [0.15, 0.2) is 6.17 Å². The Hall–Kier alpha value is -2.59. The Kier molecular flexibility index (Phi) is 4.28. The Morgan fingerprint density at radius 1 is 0.960 bits per heavy atom. The summed E-state index contributed by atoms with van der Waals surface area (Å²) in [6, 6.07) is 21.0. The zero-order chi connectivity index (χ0) is 17.2. The molecule has 0 N–H and O–H groups in total. The van der Waals surface area contributed by atoms with E-state index in [0.717, 1.165) is 27.5 Å². The van der Waals surface area contributed by atoms with Gasteiger partial charge in [0.1, 0.15) is 0 Å². The number of benzene rings is 2. The third-order valence-electron chi connectivity index (χ3n) is 4.34. The van der Waals surface area contributed by atoms with Crippen molar-refractivity contribution in [2.45, 2.75) is 18.0 Å². The number of aryl methyl sites for hydroxylation is 1. The van der Waals surface area contributed by atoms with Gasteiger partial charge in [-0.3, -0.25) is 9.98 Å². The minimum atomic E-state index is -0.108. The number of anilines is 1. The predicted molar refractivity (Wildman–Crippen MR) is 104 cm³/mol. The van der Waals surface area contributed by atoms with E-state index in [0.29, 0.717) is 0 Å². The van der Waals surface area contributed by atoms with Crippen LogP contribution in [-0.2, 0) is 0 Å². The Labute approximate surface area is 151 Å². The fraction of sp³-hybridized carbons (Fsp3) is 0.143. The van der Waals surface area contributed by atoms with Gasteiger partial charge in [0.25, 0.3) is 0 Å². The molecule has 0 spiro atoms. The second-order valence-electron chi connectivity index (χ2n) is 6.03. The highest BCUT2D eigenvalue weighted by Crippen LogP contribution is 2.30. The molecule has 2 heterocycles. The van der Waals surface area contributed by atoms with Gasteiger partial charge in [0.2, 0.25) is 0 Å². The first-order valence-corrected chi connectivity index (χ1v) is 9.47. The highest BCUT2D eigenvalue weighted by molar-refractivity contribution is 7.98. The number of nitrogens with zero attached hydrogens (tertiary/aromatic N) is 3. The molecule has 0 amide bonds. The van der Waals surface area contributed by atoms with Crippen molar-refractivity contribution < 1.29 is 0 Å². The van der Waals surface area contributed by atoms with Crippen LogP contribution in [0, 0.1) is 6.92 Å². The van der Waals surface area contributed by atoms with Crippen molar-refractivity contribution in [3.8, 4) is 0 Å². The first-order chi connectivity index (χ1) is 12.2. The van der Waals surface area contributed by atoms with Crippen LogP contribution in [-0.4, -0.2) is 11.2 Å². The number of para-hydroxylation sites is 1. The molecule has 0 radical (unpaired) electrons. The lowest BCUT2D eigenvalue weighted by Crippen LogP contribution is -2.37. The third kappa shape index (κ3) is 3.17. The topological polar surface area (TPSA) is 28.5 Å². The smallest absolute Gasteiger partial charge is 0.153 e. The van der Waals surface area contributed by atoms with Gasteiger partial charge in [-0.2, -0.15) is 0 Å². The van der Waals surface area contributed by atoms with Crippen LogP contribution in [0.15, 0.2) is 76.7 Å². The van der Waals surface area contributed by atoms with E-state index < -0.39 is 0 Å². The maximum atomic E-state index is 5.00. The Morgan fingerprint density at radius 2 is 1.76 bits per heavy atom. The molecule has 1 aliphatic rings. The molecule has 25 heavy (non-hydrogen) atoms. The van der Waals surface area contributed by atoms with Crippen LogP contribution in [0.3, 0.4) is 0 Å². The molecular weight excluding hydrogens is 326 g/mol. The lowest BCUT2D eigenvalue weighted by atomic mass is 10.1. The average molecular weight is 345 g/mol. The summed E-state index contributed by atoms with van der Waals surface area (Å²) in [6.45, 7) is 2.00. The summed E-state index contributed by atoms with van der Waals surface area (Å²) < 4.78 is 0. The van der Waals surface area contributed by atoms with E-state index in [1.165, 1.54) is 4.90 Å². The molecule has 1 unspecified atom stereocenters. The number of pyridine rings is 1. The third-order valence-corrected chi connectivity index (χ3v) is 5.09. The van der Waals surface area contributed by atoms with E-state index in [4.69, 9.17) is 4.99 Å². The van der Waals surface area contributed by atoms with Crippen LogP contribution in [0.1, 0.15) is 17.4 Å². The molecule has 0 fully saturated rings. The number of aromatic nitrogens is 1. The van der Waals surface area contributed by atoms with Gasteiger partial charge in [-0.25, -0.2) is 0 Å². The van der Waals surface area contributed by atoms with E-state index >= 15 is 0 Å². The summed E-state index contributed by atoms with van der Waals surface area (Å²) in [6.07, 6.45) is 6.09. The zero-order valence-corrected chi connectivity index (χ0v) is 15.1. The SMILES string of the molecule is CSc1ccc(N2C=c3ccccc3=NC2c2ccc(C)nc2)cc1. The monoisotopic (exact) mass is 345 g/mol. The summed E-state index contributed by atoms with van der Waals surface area (Å²) in [5.41, 5.74) is 3.23. The summed E-state index contributed by atoms with van der Waals surface area (Å²) in [5.74, 6) is 0. The molecule has 0 saturated carbocycles. The molecule has 1 aliphatic heterocycles. The van der Waals surface area contributed by atoms with Gasteiger partial charge in [-0.15, -0.1) is 11.8 Å². The van der Waals surface area contributed by atoms with E-state index in [1.54, 1.807) is 11.8 Å². The first-order valence-electron chi connectivity index (χ1n) is 8.24. The van der Waals surface area contributed by atoms with Crippen LogP contribution >= 0.6 is 11.8 Å². The fourth-order valence-corrected chi connectivity index (χ4v) is 3.37. The van der Waals surface area contributed by atoms with Crippen molar-refractivity contribution >= 4 is 23.6 Å². The predicted octanol–water partition coefficient (Wildman–Crippen LogP) is 3.69. The Balaban J connectivity index is 1.85. The molecule has 3 nitrogen and oxygen atoms in total. The van der Waals surface area contributed by atoms with E-state index in [9.17, 15) is 0 Å². The van der Waals surface area contributed by atoms with E-state index in [1.807, 2.05) is 31.3 Å². The Morgan fingerprint density at radius 3 is 2.48 bits per heavy atom. The van der Waals surface area contributed by atoms with Crippen LogP contribution in [0.25, 0.3) is 6.20 Å². The molecule has 0 bridgehead atoms. The van der Waals surface area contributed by atoms with E-state index in [2.05, 4.69) is 64.8 Å². The number of fused-ring (bicyclic) bond motifs is 1. The maximum absolute atomic E-state index is 5.00. The van der Waals surface area contributed by atoms with Crippen molar-refractivity contribution in [1.29, 1.82) is 0 Å². The zero-order valence-electron chi connectivity index (χ0n) is 14.3. The first kappa shape index (κ1) is 15.9. The van der Waals surface area contributed by atoms with Crippen LogP contribution < -0.4 is 15.5 Å². The summed E-state index contributed by atoms with van der Waals surface area (Å²) in [7, 11) is 0. The number of thioether (sulfide) groups is 1. The van der Waals surface area contributed by atoms with Crippen molar-refractivity contribution in [2.24, 2.45) is 4.99 Å². The van der Waals surface area contributed by atoms with Gasteiger partial charge in [-0.05, 0) is 49.6 Å². The van der Waals surface area contributed by atoms with Gasteiger partial charge in [0.05, 0.1) is 5.36 Å². The summed E-state index contributed by atoms with van der Waals surface area (Å²) >= 11 is 1.75. The van der Waals surface area contributed by atoms with Crippen molar-refractivity contribution in [1.82, 2.24) is 4.98 Å². The van der Waals surface area contributed by atoms with Crippen LogP contribution in [0.2, 0.25) is 0 Å². The molecule has 1 atom stereocenters. The Bertz CT molecular complexity index is 995. The van der Waals surface area contributed by atoms with Gasteiger partial charge >= 0.3 is 0 Å². The number of hydrogen-bond donors (Lipinski definition) is 0. The molecular formula is C21H19N3S. The number of hydrogen-bond acceptors (Lipinski definition) is 4. The maximum Gasteiger partial charge on any atom is 0.153 e. The molecule has 0 aliphatic carbocycles. The highest BCUT2D eigenvalue weighted by Gasteiger charge is 2.21. The molecule has 1 aromatic heterocycles. The molecule has 4 rings (SSSR count). The molecule has 3 aromatic rings. The quantitative estimate of drug-likeness (QED) is 0.678. The number of rotatable bonds is 3. The fourth-order valence-electron chi connectivity index (χ4n) is 2.97. The lowest BCUT2D eigenvalue weighted by Gasteiger charge is -2.30. The standard InChI is InChI=1S/C21H19N3S/c1-15-7-8-16(13-22-15)21-23-20-6-4-3-5-17(20)14-24(21)18-9-11-19(25-2)12-10-18/h3-14,21H,1-2H3. The lowest BCUT2D eigenvalue weighted by molar-refractivity contribution is 0.709. The highest BCUT2D eigenvalue weighted by atomic mass is 32.2. The molecule has 124 valence electrons. The summed E-state index contributed by atoms with van der Waals surface area (Å²) in [5, 5.41) is 2.15. The average Bonchev–Trinajstić information content (AvgIpc) is 2.68. The van der Waals surface area contributed by atoms with Gasteiger partial charge < -0.3 is 4.90 Å². The minimum absolute atomic E-state index is 0.108. The van der Waals surface area contributed by atoms with E-state index in [-0.39, 0.29) is 6.17 Å². The second-order valence-corrected chi connectivity index (χ2v) is 6.91. The molecule has 4 heteroatoms. The molecule has 2 aromatic carbocycles. The van der Waals surface area contributed by atoms with Crippen LogP contribution in [0.4, 0.5) is 5.69 Å². The second kappa shape index (κ2) is 6.73. The molecule has 0 saturated heterocycles. The minimum Gasteiger partial charge on any atom is -0.321 e. The van der Waals surface area contributed by atoms with Gasteiger partial charge in [0, 0.05) is 39.5 Å². The van der Waals surface area contributed by atoms with Crippen LogP contribution in [0.5, 0.6) is 0 Å².